The molecule has 18 heavy (non-hydrogen) atoms. The first-order chi connectivity index (χ1) is 8.50. The van der Waals surface area contributed by atoms with Crippen LogP contribution in [0.4, 0.5) is 4.39 Å². The third-order valence-electron chi connectivity index (χ3n) is 2.35. The van der Waals surface area contributed by atoms with Gasteiger partial charge in [-0.15, -0.1) is 0 Å². The zero-order chi connectivity index (χ0) is 13.2. The summed E-state index contributed by atoms with van der Waals surface area (Å²) in [5, 5.41) is 3.11. The third kappa shape index (κ3) is 2.74. The van der Waals surface area contributed by atoms with E-state index in [1.54, 1.807) is 6.92 Å². The smallest absolute Gasteiger partial charge is 0.241 e. The number of rotatable bonds is 4. The monoisotopic (exact) mass is 286 g/mol. The molecule has 2 aromatic rings. The summed E-state index contributed by atoms with van der Waals surface area (Å²) in [6.07, 6.45) is 1.24. The molecule has 0 aromatic carbocycles. The fourth-order valence-electron chi connectivity index (χ4n) is 1.45. The van der Waals surface area contributed by atoms with Crippen molar-refractivity contribution in [2.24, 2.45) is 0 Å². The molecule has 0 spiro atoms. The first-order valence-electron chi connectivity index (χ1n) is 5.15. The van der Waals surface area contributed by atoms with Gasteiger partial charge in [-0.1, -0.05) is 0 Å². The molecule has 7 heteroatoms. The predicted octanol–water partition coefficient (Wildman–Crippen LogP) is 2.32. The van der Waals surface area contributed by atoms with Crippen molar-refractivity contribution in [3.05, 3.63) is 46.5 Å². The number of halogens is 1. The highest BCUT2D eigenvalue weighted by molar-refractivity contribution is 7.89. The Morgan fingerprint density at radius 2 is 2.22 bits per heavy atom. The first kappa shape index (κ1) is 13.1. The Bertz CT molecular complexity index is 626. The number of hydrogen-bond acceptors (Lipinski definition) is 4. The zero-order valence-electron chi connectivity index (χ0n) is 9.50. The summed E-state index contributed by atoms with van der Waals surface area (Å²) in [7, 11) is -3.95. The van der Waals surface area contributed by atoms with Crippen LogP contribution in [0.15, 0.2) is 40.2 Å². The van der Waals surface area contributed by atoms with Gasteiger partial charge in [0.2, 0.25) is 5.03 Å². The topological polar surface area (TPSA) is 59.1 Å². The maximum Gasteiger partial charge on any atom is 0.261 e. The van der Waals surface area contributed by atoms with E-state index in [1.807, 2.05) is 16.8 Å². The zero-order valence-corrected chi connectivity index (χ0v) is 11.1. The summed E-state index contributed by atoms with van der Waals surface area (Å²) in [5.74, 6) is -0.859. The summed E-state index contributed by atoms with van der Waals surface area (Å²) >= 11 is 1.47. The molecule has 1 N–H and O–H groups in total. The lowest BCUT2D eigenvalue weighted by Gasteiger charge is -2.12. The van der Waals surface area contributed by atoms with E-state index < -0.39 is 26.9 Å². The number of nitrogens with one attached hydrogen (secondary N) is 1. The van der Waals surface area contributed by atoms with E-state index in [1.165, 1.54) is 23.6 Å². The van der Waals surface area contributed by atoms with Crippen LogP contribution in [0.2, 0.25) is 0 Å². The Morgan fingerprint density at radius 3 is 2.83 bits per heavy atom. The van der Waals surface area contributed by atoms with Gasteiger partial charge in [-0.2, -0.15) is 11.3 Å². The summed E-state index contributed by atoms with van der Waals surface area (Å²) in [4.78, 5) is 3.56. The lowest BCUT2D eigenvalue weighted by molar-refractivity contribution is 0.536. The van der Waals surface area contributed by atoms with Crippen LogP contribution in [0.25, 0.3) is 0 Å². The van der Waals surface area contributed by atoms with Gasteiger partial charge in [-0.3, -0.25) is 0 Å². The van der Waals surface area contributed by atoms with Crippen LogP contribution in [-0.2, 0) is 10.0 Å². The lowest BCUT2D eigenvalue weighted by Crippen LogP contribution is -2.28. The summed E-state index contributed by atoms with van der Waals surface area (Å²) in [6.45, 7) is 1.69. The number of nitrogens with zero attached hydrogens (tertiary/aromatic N) is 1. The van der Waals surface area contributed by atoms with Crippen molar-refractivity contribution in [1.29, 1.82) is 0 Å². The largest absolute Gasteiger partial charge is 0.261 e. The van der Waals surface area contributed by atoms with Crippen LogP contribution >= 0.6 is 11.3 Å². The molecule has 2 heterocycles. The number of aromatic nitrogens is 1. The SMILES string of the molecule is CC(NS(=O)(=O)c1ncccc1F)c1ccsc1. The molecule has 0 aliphatic heterocycles. The van der Waals surface area contributed by atoms with Crippen LogP contribution in [0, 0.1) is 5.82 Å². The standard InChI is InChI=1S/C11H11FN2O2S2/c1-8(9-4-6-17-7-9)14-18(15,16)11-10(12)3-2-5-13-11/h2-8,14H,1H3. The maximum atomic E-state index is 13.4. The third-order valence-corrected chi connectivity index (χ3v) is 4.53. The molecule has 0 saturated carbocycles. The average molecular weight is 286 g/mol. The van der Waals surface area contributed by atoms with E-state index >= 15 is 0 Å². The molecular formula is C11H11FN2O2S2. The normalized spacial score (nSPS) is 13.4. The van der Waals surface area contributed by atoms with Crippen molar-refractivity contribution in [3.8, 4) is 0 Å². The van der Waals surface area contributed by atoms with Gasteiger partial charge in [-0.05, 0) is 41.4 Å². The number of sulfonamides is 1. The predicted molar refractivity (Wildman–Crippen MR) is 67.3 cm³/mol. The number of thiophene rings is 1. The molecule has 1 atom stereocenters. The Balaban J connectivity index is 2.26. The van der Waals surface area contributed by atoms with Gasteiger partial charge in [0.1, 0.15) is 0 Å². The molecule has 2 rings (SSSR count). The van der Waals surface area contributed by atoms with E-state index in [4.69, 9.17) is 0 Å². The second kappa shape index (κ2) is 5.13. The van der Waals surface area contributed by atoms with Gasteiger partial charge in [0.05, 0.1) is 0 Å². The van der Waals surface area contributed by atoms with Gasteiger partial charge in [0.25, 0.3) is 10.0 Å². The molecule has 0 radical (unpaired) electrons. The molecular weight excluding hydrogens is 275 g/mol. The molecule has 2 aromatic heterocycles. The molecule has 0 amide bonds. The molecule has 96 valence electrons. The minimum atomic E-state index is -3.95. The second-order valence-corrected chi connectivity index (χ2v) is 6.10. The van der Waals surface area contributed by atoms with Gasteiger partial charge in [0.15, 0.2) is 5.82 Å². The number of hydrogen-bond donors (Lipinski definition) is 1. The minimum Gasteiger partial charge on any atom is -0.241 e. The highest BCUT2D eigenvalue weighted by Gasteiger charge is 2.23. The Kier molecular flexibility index (Phi) is 3.74. The molecule has 0 saturated heterocycles. The molecule has 0 aliphatic carbocycles. The molecule has 0 fully saturated rings. The van der Waals surface area contributed by atoms with Crippen molar-refractivity contribution in [3.63, 3.8) is 0 Å². The first-order valence-corrected chi connectivity index (χ1v) is 7.58. The second-order valence-electron chi connectivity index (χ2n) is 3.69. The average Bonchev–Trinajstić information content (AvgIpc) is 2.82. The van der Waals surface area contributed by atoms with Crippen molar-refractivity contribution in [2.75, 3.05) is 0 Å². The van der Waals surface area contributed by atoms with Crippen LogP contribution in [0.3, 0.4) is 0 Å². The van der Waals surface area contributed by atoms with Crippen molar-refractivity contribution < 1.29 is 12.8 Å². The Labute approximate surface area is 109 Å². The van der Waals surface area contributed by atoms with Crippen molar-refractivity contribution in [1.82, 2.24) is 9.71 Å². The quantitative estimate of drug-likeness (QED) is 0.938. The lowest BCUT2D eigenvalue weighted by atomic mass is 10.2. The van der Waals surface area contributed by atoms with Crippen LogP contribution in [0.5, 0.6) is 0 Å². The Hall–Kier alpha value is -1.31. The van der Waals surface area contributed by atoms with E-state index in [0.29, 0.717) is 0 Å². The van der Waals surface area contributed by atoms with E-state index in [2.05, 4.69) is 9.71 Å². The van der Waals surface area contributed by atoms with E-state index in [-0.39, 0.29) is 0 Å². The molecule has 0 aliphatic rings. The Morgan fingerprint density at radius 1 is 1.44 bits per heavy atom. The van der Waals surface area contributed by atoms with Crippen molar-refractivity contribution in [2.45, 2.75) is 18.0 Å². The summed E-state index contributed by atoms with van der Waals surface area (Å²) < 4.78 is 39.7. The fourth-order valence-corrected chi connectivity index (χ4v) is 3.44. The highest BCUT2D eigenvalue weighted by Crippen LogP contribution is 2.19. The van der Waals surface area contributed by atoms with Gasteiger partial charge in [-0.25, -0.2) is 22.5 Å². The van der Waals surface area contributed by atoms with Crippen LogP contribution in [-0.4, -0.2) is 13.4 Å². The molecule has 1 unspecified atom stereocenters. The van der Waals surface area contributed by atoms with Gasteiger partial charge >= 0.3 is 0 Å². The minimum absolute atomic E-state index is 0.428. The maximum absolute atomic E-state index is 13.4. The van der Waals surface area contributed by atoms with Gasteiger partial charge < -0.3 is 0 Å². The van der Waals surface area contributed by atoms with Gasteiger partial charge in [0, 0.05) is 12.2 Å². The highest BCUT2D eigenvalue weighted by atomic mass is 32.2. The van der Waals surface area contributed by atoms with E-state index in [9.17, 15) is 12.8 Å². The fraction of sp³-hybridized carbons (Fsp3) is 0.182. The number of pyridine rings is 1. The summed E-state index contributed by atoms with van der Waals surface area (Å²) in [5.41, 5.74) is 0.833. The molecule has 0 bridgehead atoms. The van der Waals surface area contributed by atoms with E-state index in [0.717, 1.165) is 11.6 Å². The van der Waals surface area contributed by atoms with Crippen LogP contribution in [0.1, 0.15) is 18.5 Å². The molecule has 4 nitrogen and oxygen atoms in total. The van der Waals surface area contributed by atoms with Crippen molar-refractivity contribution >= 4 is 21.4 Å². The van der Waals surface area contributed by atoms with Crippen LogP contribution < -0.4 is 4.72 Å². The summed E-state index contributed by atoms with van der Waals surface area (Å²) in [6, 6.07) is 3.79.